The summed E-state index contributed by atoms with van der Waals surface area (Å²) >= 11 is 0. The maximum Gasteiger partial charge on any atom is 0.292 e. The van der Waals surface area contributed by atoms with Gasteiger partial charge in [0, 0.05) is 31.7 Å². The molecule has 1 atom stereocenters. The first kappa shape index (κ1) is 15.7. The number of morpholine rings is 1. The van der Waals surface area contributed by atoms with Crippen molar-refractivity contribution in [3.05, 3.63) is 33.9 Å². The molecule has 0 radical (unpaired) electrons. The SMILES string of the molecule is CCNc1c(CN2CCOCC2CC)cccc1[N+](=O)[O-]. The fourth-order valence-corrected chi connectivity index (χ4v) is 2.74. The molecule has 2 rings (SSSR count). The van der Waals surface area contributed by atoms with Crippen molar-refractivity contribution < 1.29 is 9.66 Å². The number of para-hydroxylation sites is 1. The second kappa shape index (κ2) is 7.38. The number of nitro benzene ring substituents is 1. The van der Waals surface area contributed by atoms with E-state index in [1.54, 1.807) is 12.1 Å². The minimum absolute atomic E-state index is 0.149. The van der Waals surface area contributed by atoms with E-state index in [4.69, 9.17) is 4.74 Å². The molecule has 0 saturated carbocycles. The van der Waals surface area contributed by atoms with E-state index >= 15 is 0 Å². The smallest absolute Gasteiger partial charge is 0.292 e. The normalized spacial score (nSPS) is 19.4. The molecular formula is C15H23N3O3. The lowest BCUT2D eigenvalue weighted by molar-refractivity contribution is -0.384. The van der Waals surface area contributed by atoms with Gasteiger partial charge in [0.15, 0.2) is 0 Å². The molecule has 6 heteroatoms. The first-order valence-corrected chi connectivity index (χ1v) is 7.49. The molecular weight excluding hydrogens is 270 g/mol. The Morgan fingerprint density at radius 3 is 2.95 bits per heavy atom. The van der Waals surface area contributed by atoms with Crippen molar-refractivity contribution >= 4 is 11.4 Å². The van der Waals surface area contributed by atoms with Gasteiger partial charge in [0.1, 0.15) is 5.69 Å². The summed E-state index contributed by atoms with van der Waals surface area (Å²) in [5, 5.41) is 14.3. The quantitative estimate of drug-likeness (QED) is 0.645. The van der Waals surface area contributed by atoms with Crippen molar-refractivity contribution in [3.8, 4) is 0 Å². The molecule has 0 amide bonds. The van der Waals surface area contributed by atoms with Crippen molar-refractivity contribution in [2.45, 2.75) is 32.9 Å². The lowest BCUT2D eigenvalue weighted by atomic mass is 10.1. The third-order valence-electron chi connectivity index (χ3n) is 3.87. The Kier molecular flexibility index (Phi) is 5.52. The van der Waals surface area contributed by atoms with Gasteiger partial charge in [-0.3, -0.25) is 15.0 Å². The summed E-state index contributed by atoms with van der Waals surface area (Å²) in [5.74, 6) is 0. The monoisotopic (exact) mass is 293 g/mol. The lowest BCUT2D eigenvalue weighted by Gasteiger charge is -2.35. The van der Waals surface area contributed by atoms with E-state index in [2.05, 4.69) is 17.1 Å². The summed E-state index contributed by atoms with van der Waals surface area (Å²) < 4.78 is 5.52. The van der Waals surface area contributed by atoms with Crippen molar-refractivity contribution in [3.63, 3.8) is 0 Å². The lowest BCUT2D eigenvalue weighted by Crippen LogP contribution is -2.44. The van der Waals surface area contributed by atoms with E-state index in [0.29, 0.717) is 24.8 Å². The van der Waals surface area contributed by atoms with Gasteiger partial charge in [0.25, 0.3) is 5.69 Å². The van der Waals surface area contributed by atoms with Crippen LogP contribution in [0.4, 0.5) is 11.4 Å². The molecule has 1 aromatic rings. The number of anilines is 1. The molecule has 1 saturated heterocycles. The third kappa shape index (κ3) is 3.71. The van der Waals surface area contributed by atoms with Gasteiger partial charge in [-0.05, 0) is 18.9 Å². The standard InChI is InChI=1S/C15H23N3O3/c1-3-13-11-21-9-8-17(13)10-12-6-5-7-14(18(19)20)15(12)16-4-2/h5-7,13,16H,3-4,8-11H2,1-2H3. The third-order valence-corrected chi connectivity index (χ3v) is 3.87. The molecule has 0 aliphatic carbocycles. The van der Waals surface area contributed by atoms with E-state index in [1.807, 2.05) is 13.0 Å². The van der Waals surface area contributed by atoms with Crippen LogP contribution in [0.3, 0.4) is 0 Å². The molecule has 1 unspecified atom stereocenters. The first-order chi connectivity index (χ1) is 10.2. The second-order valence-corrected chi connectivity index (χ2v) is 5.21. The van der Waals surface area contributed by atoms with Crippen LogP contribution in [0.5, 0.6) is 0 Å². The molecule has 1 fully saturated rings. The molecule has 21 heavy (non-hydrogen) atoms. The molecule has 0 spiro atoms. The predicted molar refractivity (Wildman–Crippen MR) is 82.6 cm³/mol. The van der Waals surface area contributed by atoms with Crippen molar-refractivity contribution in [1.82, 2.24) is 4.90 Å². The molecule has 1 heterocycles. The summed E-state index contributed by atoms with van der Waals surface area (Å²) in [7, 11) is 0. The average molecular weight is 293 g/mol. The number of nitrogens with zero attached hydrogens (tertiary/aromatic N) is 2. The van der Waals surface area contributed by atoms with Crippen LogP contribution in [0, 0.1) is 10.1 Å². The van der Waals surface area contributed by atoms with Crippen molar-refractivity contribution in [2.75, 3.05) is 31.6 Å². The topological polar surface area (TPSA) is 67.6 Å². The van der Waals surface area contributed by atoms with Crippen molar-refractivity contribution in [1.29, 1.82) is 0 Å². The molecule has 1 aliphatic rings. The minimum Gasteiger partial charge on any atom is -0.380 e. The molecule has 0 aromatic heterocycles. The highest BCUT2D eigenvalue weighted by Crippen LogP contribution is 2.30. The molecule has 1 N–H and O–H groups in total. The largest absolute Gasteiger partial charge is 0.380 e. The number of ether oxygens (including phenoxy) is 1. The van der Waals surface area contributed by atoms with Gasteiger partial charge >= 0.3 is 0 Å². The maximum atomic E-state index is 11.2. The number of nitrogens with one attached hydrogen (secondary N) is 1. The zero-order valence-corrected chi connectivity index (χ0v) is 12.7. The van der Waals surface area contributed by atoms with Crippen LogP contribution in [0.1, 0.15) is 25.8 Å². The van der Waals surface area contributed by atoms with E-state index in [9.17, 15) is 10.1 Å². The second-order valence-electron chi connectivity index (χ2n) is 5.21. The number of hydrogen-bond acceptors (Lipinski definition) is 5. The van der Waals surface area contributed by atoms with Gasteiger partial charge in [0.05, 0.1) is 18.1 Å². The summed E-state index contributed by atoms with van der Waals surface area (Å²) in [6, 6.07) is 5.66. The highest BCUT2D eigenvalue weighted by Gasteiger charge is 2.24. The van der Waals surface area contributed by atoms with Gasteiger partial charge in [-0.1, -0.05) is 19.1 Å². The summed E-state index contributed by atoms with van der Waals surface area (Å²) in [5.41, 5.74) is 1.77. The van der Waals surface area contributed by atoms with E-state index < -0.39 is 0 Å². The molecule has 1 aliphatic heterocycles. The summed E-state index contributed by atoms with van der Waals surface area (Å²) in [6.07, 6.45) is 1.02. The van der Waals surface area contributed by atoms with Crippen LogP contribution in [0.25, 0.3) is 0 Å². The predicted octanol–water partition coefficient (Wildman–Crippen LogP) is 2.64. The fraction of sp³-hybridized carbons (Fsp3) is 0.600. The Morgan fingerprint density at radius 1 is 1.48 bits per heavy atom. The summed E-state index contributed by atoms with van der Waals surface area (Å²) in [6.45, 7) is 7.80. The molecule has 116 valence electrons. The van der Waals surface area contributed by atoms with Gasteiger partial charge in [-0.15, -0.1) is 0 Å². The Balaban J connectivity index is 2.25. The number of rotatable bonds is 6. The van der Waals surface area contributed by atoms with Gasteiger partial charge in [0.2, 0.25) is 0 Å². The molecule has 1 aromatic carbocycles. The zero-order chi connectivity index (χ0) is 15.2. The van der Waals surface area contributed by atoms with Crippen molar-refractivity contribution in [2.24, 2.45) is 0 Å². The highest BCUT2D eigenvalue weighted by atomic mass is 16.6. The highest BCUT2D eigenvalue weighted by molar-refractivity contribution is 5.66. The average Bonchev–Trinajstić information content (AvgIpc) is 2.49. The van der Waals surface area contributed by atoms with E-state index in [0.717, 1.165) is 31.7 Å². The molecule has 0 bridgehead atoms. The maximum absolute atomic E-state index is 11.2. The van der Waals surface area contributed by atoms with Crippen LogP contribution >= 0.6 is 0 Å². The Bertz CT molecular complexity index is 493. The Labute approximate surface area is 125 Å². The van der Waals surface area contributed by atoms with Crippen LogP contribution in [0.2, 0.25) is 0 Å². The number of hydrogen-bond donors (Lipinski definition) is 1. The minimum atomic E-state index is -0.321. The molecule has 6 nitrogen and oxygen atoms in total. The van der Waals surface area contributed by atoms with Gasteiger partial charge < -0.3 is 10.1 Å². The van der Waals surface area contributed by atoms with E-state index in [1.165, 1.54) is 0 Å². The Morgan fingerprint density at radius 2 is 2.29 bits per heavy atom. The van der Waals surface area contributed by atoms with Crippen LogP contribution < -0.4 is 5.32 Å². The number of nitro groups is 1. The first-order valence-electron chi connectivity index (χ1n) is 7.49. The number of benzene rings is 1. The van der Waals surface area contributed by atoms with Crippen LogP contribution in [-0.2, 0) is 11.3 Å². The Hall–Kier alpha value is -1.66. The van der Waals surface area contributed by atoms with Crippen LogP contribution in [-0.4, -0.2) is 42.2 Å². The summed E-state index contributed by atoms with van der Waals surface area (Å²) in [4.78, 5) is 13.2. The van der Waals surface area contributed by atoms with E-state index in [-0.39, 0.29) is 10.6 Å². The fourth-order valence-electron chi connectivity index (χ4n) is 2.74. The van der Waals surface area contributed by atoms with Gasteiger partial charge in [-0.2, -0.15) is 0 Å². The zero-order valence-electron chi connectivity index (χ0n) is 12.7. The van der Waals surface area contributed by atoms with Gasteiger partial charge in [-0.25, -0.2) is 0 Å². The van der Waals surface area contributed by atoms with Crippen LogP contribution in [0.15, 0.2) is 18.2 Å².